The van der Waals surface area contributed by atoms with E-state index in [0.29, 0.717) is 12.6 Å². The van der Waals surface area contributed by atoms with E-state index in [9.17, 15) is 9.18 Å². The number of carbonyl (C=O) groups is 1. The van der Waals surface area contributed by atoms with Crippen molar-refractivity contribution in [1.82, 2.24) is 20.0 Å². The highest BCUT2D eigenvalue weighted by molar-refractivity contribution is 5.79. The van der Waals surface area contributed by atoms with Gasteiger partial charge in [-0.25, -0.2) is 4.39 Å². The molecule has 2 heterocycles. The third kappa shape index (κ3) is 4.12. The zero-order valence-corrected chi connectivity index (χ0v) is 15.7. The monoisotopic (exact) mass is 358 g/mol. The molecule has 1 aliphatic heterocycles. The van der Waals surface area contributed by atoms with Gasteiger partial charge in [0.05, 0.1) is 11.9 Å². The van der Waals surface area contributed by atoms with E-state index in [1.807, 2.05) is 7.05 Å². The molecule has 1 fully saturated rings. The molecular weight excluding hydrogens is 331 g/mol. The summed E-state index contributed by atoms with van der Waals surface area (Å²) >= 11 is 0. The summed E-state index contributed by atoms with van der Waals surface area (Å²) in [6, 6.07) is 6.83. The number of hydrogen-bond acceptors (Lipinski definition) is 3. The van der Waals surface area contributed by atoms with Crippen molar-refractivity contribution >= 4 is 5.91 Å². The van der Waals surface area contributed by atoms with E-state index in [-0.39, 0.29) is 17.6 Å². The van der Waals surface area contributed by atoms with Crippen molar-refractivity contribution in [1.29, 1.82) is 0 Å². The topological polar surface area (TPSA) is 52.2 Å². The van der Waals surface area contributed by atoms with Gasteiger partial charge in [0.15, 0.2) is 0 Å². The number of halogens is 1. The van der Waals surface area contributed by atoms with Crippen molar-refractivity contribution in [2.75, 3.05) is 20.1 Å². The Morgan fingerprint density at radius 3 is 2.58 bits per heavy atom. The number of amides is 1. The van der Waals surface area contributed by atoms with Gasteiger partial charge in [-0.05, 0) is 64.0 Å². The molecule has 6 heteroatoms. The standard InChI is InChI=1S/C20H27FN4O/c1-14(2)25-10-8-16(9-11-25)20(26)24(3)13-17-12-22-23-19(17)15-4-6-18(21)7-5-15/h4-7,12,14,16H,8-11,13H2,1-3H3,(H,22,23). The van der Waals surface area contributed by atoms with Crippen LogP contribution in [0.25, 0.3) is 11.3 Å². The normalized spacial score (nSPS) is 16.2. The number of benzene rings is 1. The van der Waals surface area contributed by atoms with Gasteiger partial charge in [-0.15, -0.1) is 0 Å². The fraction of sp³-hybridized carbons (Fsp3) is 0.500. The van der Waals surface area contributed by atoms with E-state index in [1.54, 1.807) is 23.2 Å². The first-order chi connectivity index (χ1) is 12.5. The predicted octanol–water partition coefficient (Wildman–Crippen LogP) is 3.29. The largest absolute Gasteiger partial charge is 0.341 e. The minimum absolute atomic E-state index is 0.0937. The molecule has 0 saturated carbocycles. The lowest BCUT2D eigenvalue weighted by molar-refractivity contribution is -0.136. The Morgan fingerprint density at radius 1 is 1.31 bits per heavy atom. The minimum Gasteiger partial charge on any atom is -0.341 e. The Kier molecular flexibility index (Phi) is 5.71. The van der Waals surface area contributed by atoms with Gasteiger partial charge < -0.3 is 9.80 Å². The summed E-state index contributed by atoms with van der Waals surface area (Å²) in [6.07, 6.45) is 3.57. The molecule has 5 nitrogen and oxygen atoms in total. The molecule has 1 amide bonds. The number of likely N-dealkylation sites (tertiary alicyclic amines) is 1. The van der Waals surface area contributed by atoms with Crippen LogP contribution >= 0.6 is 0 Å². The summed E-state index contributed by atoms with van der Waals surface area (Å²) in [7, 11) is 1.85. The van der Waals surface area contributed by atoms with Gasteiger partial charge in [-0.2, -0.15) is 5.10 Å². The molecule has 0 unspecified atom stereocenters. The van der Waals surface area contributed by atoms with Gasteiger partial charge in [-0.3, -0.25) is 9.89 Å². The molecule has 1 aliphatic rings. The number of H-pyrrole nitrogens is 1. The molecule has 26 heavy (non-hydrogen) atoms. The lowest BCUT2D eigenvalue weighted by Gasteiger charge is -2.35. The fourth-order valence-electron chi connectivity index (χ4n) is 3.61. The predicted molar refractivity (Wildman–Crippen MR) is 99.9 cm³/mol. The summed E-state index contributed by atoms with van der Waals surface area (Å²) in [5, 5.41) is 7.08. The summed E-state index contributed by atoms with van der Waals surface area (Å²) in [6.45, 7) is 6.85. The van der Waals surface area contributed by atoms with Crippen molar-refractivity contribution in [2.24, 2.45) is 5.92 Å². The van der Waals surface area contributed by atoms with Crippen molar-refractivity contribution in [3.63, 3.8) is 0 Å². The quantitative estimate of drug-likeness (QED) is 0.892. The Hall–Kier alpha value is -2.21. The minimum atomic E-state index is -0.269. The van der Waals surface area contributed by atoms with Gasteiger partial charge >= 0.3 is 0 Å². The molecular formula is C20H27FN4O. The highest BCUT2D eigenvalue weighted by Crippen LogP contribution is 2.25. The van der Waals surface area contributed by atoms with Crippen LogP contribution in [0.2, 0.25) is 0 Å². The van der Waals surface area contributed by atoms with Crippen LogP contribution in [0, 0.1) is 11.7 Å². The maximum absolute atomic E-state index is 13.1. The zero-order valence-electron chi connectivity index (χ0n) is 15.7. The number of nitrogens with one attached hydrogen (secondary N) is 1. The lowest BCUT2D eigenvalue weighted by atomic mass is 9.94. The summed E-state index contributed by atoms with van der Waals surface area (Å²) in [5.74, 6) is 0.0192. The Bertz CT molecular complexity index is 733. The van der Waals surface area contributed by atoms with E-state index < -0.39 is 0 Å². The van der Waals surface area contributed by atoms with Crippen LogP contribution in [0.1, 0.15) is 32.3 Å². The van der Waals surface area contributed by atoms with E-state index in [2.05, 4.69) is 28.9 Å². The van der Waals surface area contributed by atoms with Gasteiger partial charge in [0, 0.05) is 36.7 Å². The molecule has 0 atom stereocenters. The highest BCUT2D eigenvalue weighted by atomic mass is 19.1. The summed E-state index contributed by atoms with van der Waals surface area (Å²) < 4.78 is 13.1. The first-order valence-electron chi connectivity index (χ1n) is 9.23. The van der Waals surface area contributed by atoms with Crippen LogP contribution in [-0.2, 0) is 11.3 Å². The van der Waals surface area contributed by atoms with E-state index >= 15 is 0 Å². The number of aromatic amines is 1. The number of aromatic nitrogens is 2. The molecule has 3 rings (SSSR count). The van der Waals surface area contributed by atoms with E-state index in [1.165, 1.54) is 12.1 Å². The van der Waals surface area contributed by atoms with Crippen molar-refractivity contribution in [3.05, 3.63) is 41.8 Å². The zero-order chi connectivity index (χ0) is 18.7. The summed E-state index contributed by atoms with van der Waals surface area (Å²) in [5.41, 5.74) is 2.64. The van der Waals surface area contributed by atoms with Gasteiger partial charge in [0.2, 0.25) is 5.91 Å². The lowest BCUT2D eigenvalue weighted by Crippen LogP contribution is -2.43. The van der Waals surface area contributed by atoms with Crippen molar-refractivity contribution < 1.29 is 9.18 Å². The van der Waals surface area contributed by atoms with Crippen molar-refractivity contribution in [3.8, 4) is 11.3 Å². The molecule has 0 spiro atoms. The molecule has 0 aliphatic carbocycles. The number of piperidine rings is 1. The average molecular weight is 358 g/mol. The smallest absolute Gasteiger partial charge is 0.225 e. The highest BCUT2D eigenvalue weighted by Gasteiger charge is 2.28. The molecule has 1 N–H and O–H groups in total. The maximum Gasteiger partial charge on any atom is 0.225 e. The first kappa shape index (κ1) is 18.6. The van der Waals surface area contributed by atoms with E-state index in [4.69, 9.17) is 0 Å². The number of rotatable bonds is 5. The third-order valence-corrected chi connectivity index (χ3v) is 5.24. The maximum atomic E-state index is 13.1. The molecule has 2 aromatic rings. The Labute approximate surface area is 154 Å². The van der Waals surface area contributed by atoms with Gasteiger partial charge in [-0.1, -0.05) is 0 Å². The molecule has 0 bridgehead atoms. The molecule has 1 aromatic heterocycles. The Morgan fingerprint density at radius 2 is 1.96 bits per heavy atom. The second kappa shape index (κ2) is 7.99. The summed E-state index contributed by atoms with van der Waals surface area (Å²) in [4.78, 5) is 17.0. The van der Waals surface area contributed by atoms with Crippen LogP contribution in [0.3, 0.4) is 0 Å². The van der Waals surface area contributed by atoms with E-state index in [0.717, 1.165) is 42.8 Å². The average Bonchev–Trinajstić information content (AvgIpc) is 3.09. The van der Waals surface area contributed by atoms with Crippen molar-refractivity contribution in [2.45, 2.75) is 39.3 Å². The van der Waals surface area contributed by atoms with Crippen LogP contribution in [0.4, 0.5) is 4.39 Å². The number of nitrogens with zero attached hydrogens (tertiary/aromatic N) is 3. The van der Waals surface area contributed by atoms with Gasteiger partial charge in [0.25, 0.3) is 0 Å². The number of hydrogen-bond donors (Lipinski definition) is 1. The molecule has 0 radical (unpaired) electrons. The second-order valence-corrected chi connectivity index (χ2v) is 7.38. The molecule has 140 valence electrons. The van der Waals surface area contributed by atoms with Crippen LogP contribution in [0.5, 0.6) is 0 Å². The number of carbonyl (C=O) groups excluding carboxylic acids is 1. The second-order valence-electron chi connectivity index (χ2n) is 7.38. The SMILES string of the molecule is CC(C)N1CCC(C(=O)N(C)Cc2cn[nH]c2-c2ccc(F)cc2)CC1. The van der Waals surface area contributed by atoms with Gasteiger partial charge in [0.1, 0.15) is 5.82 Å². The fourth-order valence-corrected chi connectivity index (χ4v) is 3.61. The third-order valence-electron chi connectivity index (χ3n) is 5.24. The van der Waals surface area contributed by atoms with Crippen LogP contribution in [0.15, 0.2) is 30.5 Å². The van der Waals surface area contributed by atoms with Crippen LogP contribution < -0.4 is 0 Å². The Balaban J connectivity index is 1.64. The molecule has 1 aromatic carbocycles. The van der Waals surface area contributed by atoms with Crippen LogP contribution in [-0.4, -0.2) is 52.1 Å². The molecule has 1 saturated heterocycles. The first-order valence-corrected chi connectivity index (χ1v) is 9.23.